The van der Waals surface area contributed by atoms with Crippen molar-refractivity contribution in [3.8, 4) is 0 Å². The molecule has 64 valence electrons. The quantitative estimate of drug-likeness (QED) is 0.494. The number of carbonyl (C=O) groups excluding carboxylic acids is 1. The highest BCUT2D eigenvalue weighted by atomic mass is 16.5. The predicted octanol–water partition coefficient (Wildman–Crippen LogP) is 1.19. The molecular weight excluding hydrogens is 142 g/mol. The molecule has 0 aliphatic rings. The number of hydrogen-bond acceptors (Lipinski definition) is 3. The van der Waals surface area contributed by atoms with Crippen LogP contribution < -0.4 is 5.73 Å². The highest BCUT2D eigenvalue weighted by molar-refractivity contribution is 5.88. The lowest BCUT2D eigenvalue weighted by Gasteiger charge is -2.04. The van der Waals surface area contributed by atoms with E-state index in [-0.39, 0.29) is 5.97 Å². The van der Waals surface area contributed by atoms with Gasteiger partial charge in [-0.05, 0) is 13.3 Å². The first kappa shape index (κ1) is 10.0. The second-order valence-electron chi connectivity index (χ2n) is 2.40. The molecule has 0 aliphatic carbocycles. The van der Waals surface area contributed by atoms with Crippen LogP contribution in [0.2, 0.25) is 0 Å². The van der Waals surface area contributed by atoms with Gasteiger partial charge in [0, 0.05) is 5.70 Å². The van der Waals surface area contributed by atoms with E-state index in [1.807, 2.05) is 6.92 Å². The van der Waals surface area contributed by atoms with Gasteiger partial charge in [-0.3, -0.25) is 0 Å². The van der Waals surface area contributed by atoms with Gasteiger partial charge in [-0.25, -0.2) is 4.79 Å². The summed E-state index contributed by atoms with van der Waals surface area (Å²) in [6.07, 6.45) is 1.59. The van der Waals surface area contributed by atoms with Crippen LogP contribution in [-0.4, -0.2) is 13.1 Å². The smallest absolute Gasteiger partial charge is 0.335 e. The van der Waals surface area contributed by atoms with Gasteiger partial charge in [0.25, 0.3) is 0 Å². The van der Waals surface area contributed by atoms with E-state index in [1.165, 1.54) is 7.11 Å². The minimum atomic E-state index is -0.313. The van der Waals surface area contributed by atoms with Crippen molar-refractivity contribution in [1.82, 2.24) is 0 Å². The maximum Gasteiger partial charge on any atom is 0.335 e. The van der Waals surface area contributed by atoms with Crippen LogP contribution in [0, 0.1) is 0 Å². The van der Waals surface area contributed by atoms with E-state index < -0.39 is 0 Å². The van der Waals surface area contributed by atoms with Gasteiger partial charge in [0.15, 0.2) is 0 Å². The van der Waals surface area contributed by atoms with E-state index in [0.29, 0.717) is 17.7 Å². The lowest BCUT2D eigenvalue weighted by molar-refractivity contribution is -0.136. The van der Waals surface area contributed by atoms with Crippen molar-refractivity contribution in [3.05, 3.63) is 11.3 Å². The van der Waals surface area contributed by atoms with Crippen LogP contribution in [0.1, 0.15) is 26.7 Å². The third kappa shape index (κ3) is 3.07. The van der Waals surface area contributed by atoms with Gasteiger partial charge in [0.2, 0.25) is 0 Å². The molecule has 2 N–H and O–H groups in total. The Bertz CT molecular complexity index is 169. The first-order valence-electron chi connectivity index (χ1n) is 3.67. The van der Waals surface area contributed by atoms with Crippen LogP contribution >= 0.6 is 0 Å². The van der Waals surface area contributed by atoms with E-state index >= 15 is 0 Å². The molecule has 0 atom stereocenters. The maximum absolute atomic E-state index is 11.0. The third-order valence-electron chi connectivity index (χ3n) is 1.41. The molecule has 0 aromatic rings. The Kier molecular flexibility index (Phi) is 4.34. The molecule has 0 bridgehead atoms. The molecular formula is C8H15NO2. The molecule has 0 saturated heterocycles. The standard InChI is InChI=1S/C8H15NO2/c1-4-5-7(6(2)9)8(10)11-3/h4-5,9H2,1-3H3. The summed E-state index contributed by atoms with van der Waals surface area (Å²) in [5.74, 6) is -0.313. The SMILES string of the molecule is CCCC(C(=O)OC)=C(C)N. The predicted molar refractivity (Wildman–Crippen MR) is 43.8 cm³/mol. The summed E-state index contributed by atoms with van der Waals surface area (Å²) in [6.45, 7) is 3.70. The number of ether oxygens (including phenoxy) is 1. The van der Waals surface area contributed by atoms with Crippen molar-refractivity contribution in [2.24, 2.45) is 5.73 Å². The zero-order valence-electron chi connectivity index (χ0n) is 7.31. The largest absolute Gasteiger partial charge is 0.466 e. The molecule has 0 aromatic heterocycles. The van der Waals surface area contributed by atoms with Gasteiger partial charge in [-0.1, -0.05) is 13.3 Å². The molecule has 0 fully saturated rings. The summed E-state index contributed by atoms with van der Waals surface area (Å²) in [5, 5.41) is 0. The highest BCUT2D eigenvalue weighted by Gasteiger charge is 2.09. The first-order chi connectivity index (χ1) is 5.13. The molecule has 0 spiro atoms. The second kappa shape index (κ2) is 4.77. The maximum atomic E-state index is 11.0. The van der Waals surface area contributed by atoms with Gasteiger partial charge < -0.3 is 10.5 Å². The normalized spacial score (nSPS) is 12.3. The second-order valence-corrected chi connectivity index (χ2v) is 2.40. The van der Waals surface area contributed by atoms with Crippen LogP contribution in [-0.2, 0) is 9.53 Å². The molecule has 3 heteroatoms. The third-order valence-corrected chi connectivity index (χ3v) is 1.41. The summed E-state index contributed by atoms with van der Waals surface area (Å²) in [7, 11) is 1.36. The van der Waals surface area contributed by atoms with E-state index in [2.05, 4.69) is 4.74 Å². The fourth-order valence-corrected chi connectivity index (χ4v) is 0.833. The van der Waals surface area contributed by atoms with Crippen molar-refractivity contribution in [2.75, 3.05) is 7.11 Å². The van der Waals surface area contributed by atoms with Crippen molar-refractivity contribution < 1.29 is 9.53 Å². The number of hydrogen-bond donors (Lipinski definition) is 1. The zero-order chi connectivity index (χ0) is 8.85. The molecule has 0 aromatic carbocycles. The lowest BCUT2D eigenvalue weighted by Crippen LogP contribution is -2.10. The number of rotatable bonds is 3. The number of esters is 1. The fraction of sp³-hybridized carbons (Fsp3) is 0.625. The average molecular weight is 157 g/mol. The summed E-state index contributed by atoms with van der Waals surface area (Å²) in [6, 6.07) is 0. The van der Waals surface area contributed by atoms with Crippen molar-refractivity contribution in [2.45, 2.75) is 26.7 Å². The van der Waals surface area contributed by atoms with Gasteiger partial charge in [-0.2, -0.15) is 0 Å². The Labute approximate surface area is 67.2 Å². The van der Waals surface area contributed by atoms with Gasteiger partial charge in [0.1, 0.15) is 0 Å². The van der Waals surface area contributed by atoms with Gasteiger partial charge in [0.05, 0.1) is 12.7 Å². The Morgan fingerprint density at radius 2 is 2.09 bits per heavy atom. The monoisotopic (exact) mass is 157 g/mol. The van der Waals surface area contributed by atoms with Crippen molar-refractivity contribution in [3.63, 3.8) is 0 Å². The first-order valence-corrected chi connectivity index (χ1v) is 3.67. The Balaban J connectivity index is 4.36. The van der Waals surface area contributed by atoms with Crippen molar-refractivity contribution in [1.29, 1.82) is 0 Å². The number of carbonyl (C=O) groups is 1. The molecule has 0 rings (SSSR count). The fourth-order valence-electron chi connectivity index (χ4n) is 0.833. The average Bonchev–Trinajstić information content (AvgIpc) is 1.98. The molecule has 0 radical (unpaired) electrons. The summed E-state index contributed by atoms with van der Waals surface area (Å²) >= 11 is 0. The van der Waals surface area contributed by atoms with E-state index in [0.717, 1.165) is 6.42 Å². The molecule has 0 amide bonds. The zero-order valence-corrected chi connectivity index (χ0v) is 7.31. The lowest BCUT2D eigenvalue weighted by atomic mass is 10.1. The van der Waals surface area contributed by atoms with Crippen LogP contribution in [0.3, 0.4) is 0 Å². The molecule has 11 heavy (non-hydrogen) atoms. The van der Waals surface area contributed by atoms with Gasteiger partial charge in [-0.15, -0.1) is 0 Å². The highest BCUT2D eigenvalue weighted by Crippen LogP contribution is 2.08. The topological polar surface area (TPSA) is 52.3 Å². The Hall–Kier alpha value is -0.990. The van der Waals surface area contributed by atoms with Gasteiger partial charge >= 0.3 is 5.97 Å². The van der Waals surface area contributed by atoms with E-state index in [9.17, 15) is 4.79 Å². The van der Waals surface area contributed by atoms with Crippen molar-refractivity contribution >= 4 is 5.97 Å². The Morgan fingerprint density at radius 3 is 2.36 bits per heavy atom. The minimum Gasteiger partial charge on any atom is -0.466 e. The van der Waals surface area contributed by atoms with Crippen LogP contribution in [0.4, 0.5) is 0 Å². The summed E-state index contributed by atoms with van der Waals surface area (Å²) in [4.78, 5) is 11.0. The molecule has 0 unspecified atom stereocenters. The van der Waals surface area contributed by atoms with E-state index in [1.54, 1.807) is 6.92 Å². The number of nitrogens with two attached hydrogens (primary N) is 1. The van der Waals surface area contributed by atoms with E-state index in [4.69, 9.17) is 5.73 Å². The summed E-state index contributed by atoms with van der Waals surface area (Å²) < 4.78 is 4.55. The Morgan fingerprint density at radius 1 is 1.55 bits per heavy atom. The molecule has 0 saturated carbocycles. The number of allylic oxidation sites excluding steroid dienone is 1. The molecule has 0 aliphatic heterocycles. The van der Waals surface area contributed by atoms with Crippen LogP contribution in [0.5, 0.6) is 0 Å². The molecule has 3 nitrogen and oxygen atoms in total. The number of methoxy groups -OCH3 is 1. The summed E-state index contributed by atoms with van der Waals surface area (Å²) in [5.41, 5.74) is 6.62. The van der Waals surface area contributed by atoms with Crippen LogP contribution in [0.25, 0.3) is 0 Å². The van der Waals surface area contributed by atoms with Crippen LogP contribution in [0.15, 0.2) is 11.3 Å². The molecule has 0 heterocycles. The minimum absolute atomic E-state index is 0.313.